The van der Waals surface area contributed by atoms with Crippen molar-refractivity contribution in [3.63, 3.8) is 0 Å². The van der Waals surface area contributed by atoms with Crippen molar-refractivity contribution < 1.29 is 51.4 Å². The molecule has 3 N–H and O–H groups in total. The van der Waals surface area contributed by atoms with E-state index in [4.69, 9.17) is 18.9 Å². The monoisotopic (exact) mass is 579 g/mol. The van der Waals surface area contributed by atoms with Gasteiger partial charge in [-0.25, -0.2) is 4.79 Å². The number of nitriles is 1. The van der Waals surface area contributed by atoms with Crippen molar-refractivity contribution >= 4 is 24.6 Å². The summed E-state index contributed by atoms with van der Waals surface area (Å²) in [7, 11) is -1.30. The minimum atomic E-state index is -4.88. The minimum absolute atomic E-state index is 0.0136. The van der Waals surface area contributed by atoms with Crippen molar-refractivity contribution in [1.29, 1.82) is 5.26 Å². The predicted molar refractivity (Wildman–Crippen MR) is 139 cm³/mol. The van der Waals surface area contributed by atoms with Gasteiger partial charge in [0.1, 0.15) is 24.6 Å². The molecule has 1 unspecified atom stereocenters. The molecule has 1 atom stereocenters. The maximum Gasteiger partial charge on any atom is 0.573 e. The van der Waals surface area contributed by atoms with Crippen molar-refractivity contribution in [2.24, 2.45) is 0 Å². The SMILES string of the molecule is CC(C#N)(COc1ccc2c(c1OCCNC(=O)OC(C)(C)C)B(O)OC2)NC(=O)c1ccc(OC(F)(F)F)cc1. The Bertz CT molecular complexity index is 1300. The van der Waals surface area contributed by atoms with Crippen molar-refractivity contribution in [2.45, 2.75) is 51.8 Å². The lowest BCUT2D eigenvalue weighted by Crippen LogP contribution is -2.49. The Morgan fingerprint density at radius 1 is 1.10 bits per heavy atom. The Hall–Kier alpha value is -4.16. The van der Waals surface area contributed by atoms with Crippen LogP contribution in [0.3, 0.4) is 0 Å². The van der Waals surface area contributed by atoms with E-state index in [0.717, 1.165) is 24.3 Å². The third-order valence-corrected chi connectivity index (χ3v) is 5.41. The number of rotatable bonds is 10. The quantitative estimate of drug-likeness (QED) is 0.286. The van der Waals surface area contributed by atoms with Crippen LogP contribution in [0.25, 0.3) is 0 Å². The summed E-state index contributed by atoms with van der Waals surface area (Å²) >= 11 is 0. The van der Waals surface area contributed by atoms with Crippen LogP contribution in [0, 0.1) is 11.3 Å². The Kier molecular flexibility index (Phi) is 9.62. The molecule has 0 saturated carbocycles. The number of hydrogen-bond acceptors (Lipinski definition) is 9. The molecule has 220 valence electrons. The van der Waals surface area contributed by atoms with Crippen LogP contribution in [-0.4, -0.2) is 61.4 Å². The first-order valence-corrected chi connectivity index (χ1v) is 12.4. The lowest BCUT2D eigenvalue weighted by molar-refractivity contribution is -0.274. The molecule has 0 aliphatic carbocycles. The molecule has 0 bridgehead atoms. The number of halogens is 3. The van der Waals surface area contributed by atoms with Gasteiger partial charge in [0.05, 0.1) is 19.2 Å². The molecule has 2 amide bonds. The van der Waals surface area contributed by atoms with Crippen LogP contribution in [0.2, 0.25) is 0 Å². The lowest BCUT2D eigenvalue weighted by Gasteiger charge is -2.25. The van der Waals surface area contributed by atoms with Crippen molar-refractivity contribution in [2.75, 3.05) is 19.8 Å². The molecule has 0 radical (unpaired) electrons. The summed E-state index contributed by atoms with van der Waals surface area (Å²) in [6, 6.07) is 9.34. The highest BCUT2D eigenvalue weighted by molar-refractivity contribution is 6.62. The van der Waals surface area contributed by atoms with E-state index in [1.54, 1.807) is 32.9 Å². The number of alkyl carbamates (subject to hydrolysis) is 1. The molecular formula is C26H29BF3N3O8. The van der Waals surface area contributed by atoms with E-state index in [9.17, 15) is 33.0 Å². The van der Waals surface area contributed by atoms with E-state index < -0.39 is 42.4 Å². The van der Waals surface area contributed by atoms with Gasteiger partial charge in [-0.05, 0) is 63.6 Å². The van der Waals surface area contributed by atoms with Crippen LogP contribution in [0.1, 0.15) is 43.6 Å². The molecule has 2 aromatic rings. The van der Waals surface area contributed by atoms with Crippen molar-refractivity contribution in [3.05, 3.63) is 47.5 Å². The number of nitrogens with zero attached hydrogens (tertiary/aromatic N) is 1. The summed E-state index contributed by atoms with van der Waals surface area (Å²) in [6.07, 6.45) is -5.51. The van der Waals surface area contributed by atoms with Crippen LogP contribution < -0.4 is 30.3 Å². The zero-order valence-electron chi connectivity index (χ0n) is 22.8. The first-order valence-electron chi connectivity index (χ1n) is 12.4. The van der Waals surface area contributed by atoms with Gasteiger partial charge in [0, 0.05) is 11.0 Å². The molecule has 11 nitrogen and oxygen atoms in total. The molecule has 1 heterocycles. The van der Waals surface area contributed by atoms with E-state index in [1.165, 1.54) is 6.92 Å². The van der Waals surface area contributed by atoms with Crippen LogP contribution in [0.15, 0.2) is 36.4 Å². The van der Waals surface area contributed by atoms with Gasteiger partial charge in [-0.3, -0.25) is 4.79 Å². The molecule has 1 aliphatic heterocycles. The van der Waals surface area contributed by atoms with Crippen LogP contribution in [0.5, 0.6) is 17.2 Å². The van der Waals surface area contributed by atoms with E-state index in [2.05, 4.69) is 15.4 Å². The highest BCUT2D eigenvalue weighted by Crippen LogP contribution is 2.31. The van der Waals surface area contributed by atoms with Gasteiger partial charge in [0.25, 0.3) is 5.91 Å². The summed E-state index contributed by atoms with van der Waals surface area (Å²) in [5, 5.41) is 25.1. The highest BCUT2D eigenvalue weighted by Gasteiger charge is 2.35. The topological polar surface area (TPSA) is 148 Å². The third-order valence-electron chi connectivity index (χ3n) is 5.41. The number of carbonyl (C=O) groups excluding carboxylic acids is 2. The molecule has 0 aromatic heterocycles. The van der Waals surface area contributed by atoms with Gasteiger partial charge in [0.2, 0.25) is 0 Å². The molecule has 0 spiro atoms. The molecular weight excluding hydrogens is 550 g/mol. The lowest BCUT2D eigenvalue weighted by atomic mass is 9.78. The number of benzene rings is 2. The van der Waals surface area contributed by atoms with Gasteiger partial charge >= 0.3 is 19.6 Å². The Morgan fingerprint density at radius 2 is 1.78 bits per heavy atom. The van der Waals surface area contributed by atoms with Crippen LogP contribution in [0.4, 0.5) is 18.0 Å². The summed E-state index contributed by atoms with van der Waals surface area (Å²) in [5.41, 5.74) is -1.30. The second kappa shape index (κ2) is 12.6. The van der Waals surface area contributed by atoms with Crippen molar-refractivity contribution in [3.8, 4) is 23.3 Å². The standard InChI is InChI=1S/C26H29BF3N3O8/c1-24(2,3)41-23(35)32-11-12-37-21-19(10-7-17-13-39-27(36)20(17)21)38-15-25(4,14-31)33-22(34)16-5-8-18(9-6-16)40-26(28,29)30/h5-10,36H,11-13,15H2,1-4H3,(H,32,35)(H,33,34). The first kappa shape index (κ1) is 31.4. The molecule has 2 aromatic carbocycles. The third kappa shape index (κ3) is 9.19. The Balaban J connectivity index is 1.68. The second-order valence-corrected chi connectivity index (χ2v) is 10.2. The minimum Gasteiger partial charge on any atom is -0.488 e. The molecule has 0 saturated heterocycles. The number of amides is 2. The fraction of sp³-hybridized carbons (Fsp3) is 0.423. The Morgan fingerprint density at radius 3 is 2.39 bits per heavy atom. The average Bonchev–Trinajstić information content (AvgIpc) is 3.25. The fourth-order valence-corrected chi connectivity index (χ4v) is 3.60. The zero-order chi connectivity index (χ0) is 30.4. The fourth-order valence-electron chi connectivity index (χ4n) is 3.60. The number of fused-ring (bicyclic) bond motifs is 1. The summed E-state index contributed by atoms with van der Waals surface area (Å²) in [5.74, 6) is -0.976. The Labute approximate surface area is 234 Å². The van der Waals surface area contributed by atoms with Crippen LogP contribution in [-0.2, 0) is 16.0 Å². The molecule has 3 rings (SSSR count). The normalized spacial score (nSPS) is 14.3. The zero-order valence-corrected chi connectivity index (χ0v) is 22.8. The largest absolute Gasteiger partial charge is 0.573 e. The van der Waals surface area contributed by atoms with Gasteiger partial charge in [-0.2, -0.15) is 5.26 Å². The summed E-state index contributed by atoms with van der Waals surface area (Å²) in [4.78, 5) is 24.6. The maximum absolute atomic E-state index is 12.7. The molecule has 0 fully saturated rings. The second-order valence-electron chi connectivity index (χ2n) is 10.2. The average molecular weight is 579 g/mol. The number of ether oxygens (including phenoxy) is 4. The van der Waals surface area contributed by atoms with E-state index in [1.807, 2.05) is 6.07 Å². The van der Waals surface area contributed by atoms with Crippen LogP contribution >= 0.6 is 0 Å². The summed E-state index contributed by atoms with van der Waals surface area (Å²) < 4.78 is 63.1. The number of nitrogens with one attached hydrogen (secondary N) is 2. The molecule has 15 heteroatoms. The first-order chi connectivity index (χ1) is 19.1. The van der Waals surface area contributed by atoms with Gasteiger partial charge in [-0.1, -0.05) is 6.07 Å². The van der Waals surface area contributed by atoms with Gasteiger partial charge in [0.15, 0.2) is 17.0 Å². The van der Waals surface area contributed by atoms with Gasteiger partial charge < -0.3 is 39.3 Å². The molecule has 41 heavy (non-hydrogen) atoms. The number of alkyl halides is 3. The van der Waals surface area contributed by atoms with E-state index in [-0.39, 0.29) is 43.4 Å². The predicted octanol–water partition coefficient (Wildman–Crippen LogP) is 2.80. The molecule has 1 aliphatic rings. The number of carbonyl (C=O) groups is 2. The number of hydrogen-bond donors (Lipinski definition) is 3. The van der Waals surface area contributed by atoms with Gasteiger partial charge in [-0.15, -0.1) is 13.2 Å². The van der Waals surface area contributed by atoms with E-state index >= 15 is 0 Å². The highest BCUT2D eigenvalue weighted by atomic mass is 19.4. The maximum atomic E-state index is 12.7. The summed E-state index contributed by atoms with van der Waals surface area (Å²) in [6.45, 7) is 6.36. The van der Waals surface area contributed by atoms with E-state index in [0.29, 0.717) is 11.0 Å². The van der Waals surface area contributed by atoms with Crippen molar-refractivity contribution in [1.82, 2.24) is 10.6 Å². The smallest absolute Gasteiger partial charge is 0.488 e.